The highest BCUT2D eigenvalue weighted by Gasteiger charge is 2.50. The Labute approximate surface area is 113 Å². The fourth-order valence-electron chi connectivity index (χ4n) is 3.42. The summed E-state index contributed by atoms with van der Waals surface area (Å²) in [6, 6.07) is 10.5. The number of nitrogens with zero attached hydrogens (tertiary/aromatic N) is 2. The van der Waals surface area contributed by atoms with Crippen LogP contribution in [0.4, 0.5) is 0 Å². The Kier molecular flexibility index (Phi) is 2.82. The molecule has 1 aromatic rings. The summed E-state index contributed by atoms with van der Waals surface area (Å²) in [4.78, 5) is 14.5. The lowest BCUT2D eigenvalue weighted by Gasteiger charge is -2.43. The van der Waals surface area contributed by atoms with E-state index >= 15 is 0 Å². The lowest BCUT2D eigenvalue weighted by molar-refractivity contribution is -0.146. The number of amides is 1. The second-order valence-electron chi connectivity index (χ2n) is 5.95. The second-order valence-corrected chi connectivity index (χ2v) is 5.95. The van der Waals surface area contributed by atoms with Crippen molar-refractivity contribution < 1.29 is 4.79 Å². The van der Waals surface area contributed by atoms with Gasteiger partial charge in [0.2, 0.25) is 5.91 Å². The molecule has 0 atom stereocenters. The second kappa shape index (κ2) is 4.38. The van der Waals surface area contributed by atoms with Gasteiger partial charge < -0.3 is 4.90 Å². The normalized spacial score (nSPS) is 29.1. The number of carbonyl (C=O) groups is 1. The summed E-state index contributed by atoms with van der Waals surface area (Å²) in [5.41, 5.74) is 1.83. The van der Waals surface area contributed by atoms with Crippen LogP contribution in [-0.4, -0.2) is 17.4 Å². The number of fused-ring (bicyclic) bond motifs is 1. The van der Waals surface area contributed by atoms with E-state index in [0.29, 0.717) is 12.5 Å². The minimum absolute atomic E-state index is 0.0441. The van der Waals surface area contributed by atoms with Crippen molar-refractivity contribution in [3.63, 3.8) is 0 Å². The van der Waals surface area contributed by atoms with Crippen molar-refractivity contribution in [1.29, 1.82) is 5.26 Å². The molecule has 0 spiro atoms. The number of carbonyl (C=O) groups excluding carboxylic acids is 1. The molecule has 1 aliphatic carbocycles. The van der Waals surface area contributed by atoms with Crippen LogP contribution >= 0.6 is 0 Å². The first-order chi connectivity index (χ1) is 9.14. The Hall–Kier alpha value is -1.82. The minimum Gasteiger partial charge on any atom is -0.337 e. The van der Waals surface area contributed by atoms with E-state index in [1.165, 1.54) is 11.1 Å². The molecule has 0 radical (unpaired) electrons. The SMILES string of the molecule is CC1CC(C#N)(C(=O)N2CCc3ccccc3C2)C1. The van der Waals surface area contributed by atoms with Gasteiger partial charge in [0.1, 0.15) is 5.41 Å². The van der Waals surface area contributed by atoms with Gasteiger partial charge in [-0.3, -0.25) is 4.79 Å². The summed E-state index contributed by atoms with van der Waals surface area (Å²) in [6.07, 6.45) is 2.35. The average molecular weight is 254 g/mol. The molecular weight excluding hydrogens is 236 g/mol. The van der Waals surface area contributed by atoms with Crippen molar-refractivity contribution in [3.8, 4) is 6.07 Å². The van der Waals surface area contributed by atoms with E-state index in [0.717, 1.165) is 25.8 Å². The van der Waals surface area contributed by atoms with E-state index in [2.05, 4.69) is 25.1 Å². The highest BCUT2D eigenvalue weighted by molar-refractivity contribution is 5.86. The lowest BCUT2D eigenvalue weighted by atomic mass is 9.62. The third kappa shape index (κ3) is 1.92. The first kappa shape index (κ1) is 12.2. The van der Waals surface area contributed by atoms with Crippen LogP contribution in [0, 0.1) is 22.7 Å². The molecule has 3 nitrogen and oxygen atoms in total. The molecule has 0 bridgehead atoms. The van der Waals surface area contributed by atoms with Gasteiger partial charge in [0.15, 0.2) is 0 Å². The van der Waals surface area contributed by atoms with Gasteiger partial charge in [0, 0.05) is 13.1 Å². The third-order valence-corrected chi connectivity index (χ3v) is 4.44. The van der Waals surface area contributed by atoms with Gasteiger partial charge in [-0.2, -0.15) is 5.26 Å². The van der Waals surface area contributed by atoms with E-state index in [1.807, 2.05) is 17.0 Å². The Balaban J connectivity index is 1.79. The van der Waals surface area contributed by atoms with Gasteiger partial charge in [-0.1, -0.05) is 31.2 Å². The summed E-state index contributed by atoms with van der Waals surface area (Å²) < 4.78 is 0. The summed E-state index contributed by atoms with van der Waals surface area (Å²) >= 11 is 0. The Morgan fingerprint density at radius 2 is 2.05 bits per heavy atom. The number of rotatable bonds is 1. The smallest absolute Gasteiger partial charge is 0.243 e. The number of nitriles is 1. The highest BCUT2D eigenvalue weighted by atomic mass is 16.2. The molecule has 3 heteroatoms. The maximum atomic E-state index is 12.6. The highest BCUT2D eigenvalue weighted by Crippen LogP contribution is 2.46. The summed E-state index contributed by atoms with van der Waals surface area (Å²) in [6.45, 7) is 3.51. The van der Waals surface area contributed by atoms with Crippen LogP contribution in [0.25, 0.3) is 0 Å². The molecule has 0 N–H and O–H groups in total. The van der Waals surface area contributed by atoms with Crippen molar-refractivity contribution in [2.75, 3.05) is 6.54 Å². The van der Waals surface area contributed by atoms with Crippen LogP contribution < -0.4 is 0 Å². The van der Waals surface area contributed by atoms with Gasteiger partial charge in [0.25, 0.3) is 0 Å². The zero-order chi connectivity index (χ0) is 13.5. The van der Waals surface area contributed by atoms with Crippen LogP contribution in [0.15, 0.2) is 24.3 Å². The topological polar surface area (TPSA) is 44.1 Å². The Morgan fingerprint density at radius 3 is 2.68 bits per heavy atom. The number of benzene rings is 1. The van der Waals surface area contributed by atoms with Crippen LogP contribution in [0.2, 0.25) is 0 Å². The maximum absolute atomic E-state index is 12.6. The predicted molar refractivity (Wildman–Crippen MR) is 72.0 cm³/mol. The zero-order valence-corrected chi connectivity index (χ0v) is 11.2. The first-order valence-corrected chi connectivity index (χ1v) is 6.92. The summed E-state index contributed by atoms with van der Waals surface area (Å²) in [7, 11) is 0. The fraction of sp³-hybridized carbons (Fsp3) is 0.500. The first-order valence-electron chi connectivity index (χ1n) is 6.92. The van der Waals surface area contributed by atoms with Crippen LogP contribution in [0.5, 0.6) is 0 Å². The Morgan fingerprint density at radius 1 is 1.37 bits per heavy atom. The monoisotopic (exact) mass is 254 g/mol. The number of hydrogen-bond acceptors (Lipinski definition) is 2. The van der Waals surface area contributed by atoms with Crippen molar-refractivity contribution in [2.45, 2.75) is 32.7 Å². The largest absolute Gasteiger partial charge is 0.337 e. The molecule has 19 heavy (non-hydrogen) atoms. The fourth-order valence-corrected chi connectivity index (χ4v) is 3.42. The van der Waals surface area contributed by atoms with Crippen molar-refractivity contribution in [3.05, 3.63) is 35.4 Å². The zero-order valence-electron chi connectivity index (χ0n) is 11.2. The molecule has 0 saturated heterocycles. The predicted octanol–water partition coefficient (Wildman–Crippen LogP) is 2.51. The van der Waals surface area contributed by atoms with Crippen LogP contribution in [-0.2, 0) is 17.8 Å². The maximum Gasteiger partial charge on any atom is 0.243 e. The van der Waals surface area contributed by atoms with E-state index in [1.54, 1.807) is 0 Å². The summed E-state index contributed by atoms with van der Waals surface area (Å²) in [5, 5.41) is 9.35. The lowest BCUT2D eigenvalue weighted by Crippen LogP contribution is -2.51. The van der Waals surface area contributed by atoms with E-state index in [4.69, 9.17) is 0 Å². The molecule has 1 heterocycles. The molecule has 1 fully saturated rings. The average Bonchev–Trinajstić information content (AvgIpc) is 2.42. The van der Waals surface area contributed by atoms with E-state index < -0.39 is 5.41 Å². The van der Waals surface area contributed by atoms with Crippen molar-refractivity contribution >= 4 is 5.91 Å². The molecule has 0 unspecified atom stereocenters. The molecule has 1 saturated carbocycles. The van der Waals surface area contributed by atoms with Gasteiger partial charge in [-0.05, 0) is 36.3 Å². The molecule has 1 aromatic carbocycles. The Bertz CT molecular complexity index is 552. The molecule has 1 aliphatic heterocycles. The third-order valence-electron chi connectivity index (χ3n) is 4.44. The van der Waals surface area contributed by atoms with Crippen LogP contribution in [0.1, 0.15) is 30.9 Å². The molecule has 1 amide bonds. The molecule has 3 rings (SSSR count). The molecule has 0 aromatic heterocycles. The van der Waals surface area contributed by atoms with Crippen molar-refractivity contribution in [1.82, 2.24) is 4.90 Å². The molecule has 98 valence electrons. The van der Waals surface area contributed by atoms with Crippen LogP contribution in [0.3, 0.4) is 0 Å². The quantitative estimate of drug-likeness (QED) is 0.773. The molecular formula is C16H18N2O. The van der Waals surface area contributed by atoms with Gasteiger partial charge >= 0.3 is 0 Å². The number of hydrogen-bond donors (Lipinski definition) is 0. The standard InChI is InChI=1S/C16H18N2O/c1-12-8-16(9-12,11-17)15(19)18-7-6-13-4-2-3-5-14(13)10-18/h2-5,12H,6-10H2,1H3. The van der Waals surface area contributed by atoms with E-state index in [-0.39, 0.29) is 5.91 Å². The van der Waals surface area contributed by atoms with E-state index in [9.17, 15) is 10.1 Å². The van der Waals surface area contributed by atoms with Gasteiger partial charge in [0.05, 0.1) is 6.07 Å². The van der Waals surface area contributed by atoms with Crippen molar-refractivity contribution in [2.24, 2.45) is 11.3 Å². The molecule has 2 aliphatic rings. The van der Waals surface area contributed by atoms with Gasteiger partial charge in [-0.15, -0.1) is 0 Å². The van der Waals surface area contributed by atoms with Gasteiger partial charge in [-0.25, -0.2) is 0 Å². The minimum atomic E-state index is -0.730. The summed E-state index contributed by atoms with van der Waals surface area (Å²) in [5.74, 6) is 0.545.